The van der Waals surface area contributed by atoms with Crippen molar-refractivity contribution in [1.82, 2.24) is 0 Å². The van der Waals surface area contributed by atoms with Crippen molar-refractivity contribution in [1.29, 1.82) is 0 Å². The molecule has 0 bridgehead atoms. The van der Waals surface area contributed by atoms with Crippen LogP contribution in [0.1, 0.15) is 39.0 Å². The average molecular weight is 172 g/mol. The molecule has 0 saturated carbocycles. The molecule has 0 aliphatic heterocycles. The minimum Gasteiger partial charge on any atom is -0.397 e. The van der Waals surface area contributed by atoms with E-state index in [1.807, 2.05) is 0 Å². The predicted molar refractivity (Wildman–Crippen MR) is 48.0 cm³/mol. The fraction of sp³-hybridized carbons (Fsp3) is 0.750. The average Bonchev–Trinajstić information content (AvgIpc) is 1.97. The Morgan fingerprint density at radius 2 is 2.17 bits per heavy atom. The third-order valence-electron chi connectivity index (χ3n) is 1.59. The van der Waals surface area contributed by atoms with Gasteiger partial charge in [-0.3, -0.25) is 10.1 Å². The van der Waals surface area contributed by atoms with E-state index in [9.17, 15) is 10.1 Å². The largest absolute Gasteiger partial charge is 0.397 e. The molecular formula is C8H16N2O2. The number of allylic oxidation sites excluding steroid dienone is 1. The zero-order chi connectivity index (χ0) is 9.40. The summed E-state index contributed by atoms with van der Waals surface area (Å²) in [5, 5.41) is 9.95. The molecule has 0 radical (unpaired) electrons. The molecule has 0 aromatic carbocycles. The van der Waals surface area contributed by atoms with Crippen molar-refractivity contribution in [2.24, 2.45) is 5.73 Å². The van der Waals surface area contributed by atoms with Crippen LogP contribution in [0.4, 0.5) is 0 Å². The van der Waals surface area contributed by atoms with Gasteiger partial charge in [-0.15, -0.1) is 0 Å². The van der Waals surface area contributed by atoms with Crippen LogP contribution in [-0.2, 0) is 0 Å². The van der Waals surface area contributed by atoms with Crippen LogP contribution in [0.5, 0.6) is 0 Å². The van der Waals surface area contributed by atoms with Gasteiger partial charge in [0, 0.05) is 0 Å². The van der Waals surface area contributed by atoms with Gasteiger partial charge in [-0.2, -0.15) is 0 Å². The van der Waals surface area contributed by atoms with Gasteiger partial charge in [-0.25, -0.2) is 0 Å². The molecule has 0 aromatic rings. The van der Waals surface area contributed by atoms with Gasteiger partial charge < -0.3 is 5.73 Å². The Morgan fingerprint density at radius 3 is 2.67 bits per heavy atom. The lowest BCUT2D eigenvalue weighted by molar-refractivity contribution is -0.403. The van der Waals surface area contributed by atoms with Crippen LogP contribution < -0.4 is 5.73 Å². The maximum atomic E-state index is 9.95. The zero-order valence-corrected chi connectivity index (χ0v) is 7.45. The molecule has 0 rings (SSSR count). The Balaban J connectivity index is 3.43. The smallest absolute Gasteiger partial charge is 0.252 e. The summed E-state index contributed by atoms with van der Waals surface area (Å²) in [5.41, 5.74) is 5.75. The van der Waals surface area contributed by atoms with Crippen molar-refractivity contribution in [3.8, 4) is 0 Å². The highest BCUT2D eigenvalue weighted by Crippen LogP contribution is 2.05. The molecule has 0 atom stereocenters. The van der Waals surface area contributed by atoms with E-state index in [0.29, 0.717) is 12.1 Å². The Morgan fingerprint density at radius 1 is 1.50 bits per heavy atom. The van der Waals surface area contributed by atoms with E-state index in [-0.39, 0.29) is 0 Å². The Hall–Kier alpha value is -1.06. The van der Waals surface area contributed by atoms with Crippen molar-refractivity contribution in [3.63, 3.8) is 0 Å². The fourth-order valence-electron chi connectivity index (χ4n) is 0.956. The first kappa shape index (κ1) is 10.9. The summed E-state index contributed by atoms with van der Waals surface area (Å²) >= 11 is 0. The minimum atomic E-state index is -0.505. The summed E-state index contributed by atoms with van der Waals surface area (Å²) in [7, 11) is 0. The van der Waals surface area contributed by atoms with E-state index in [1.54, 1.807) is 0 Å². The summed E-state index contributed by atoms with van der Waals surface area (Å²) in [6.07, 6.45) is 5.91. The standard InChI is InChI=1S/C8H16N2O2/c1-2-3-4-5-6-8(9)7-10(11)12/h7H,2-6,9H2,1H3/b8-7-. The van der Waals surface area contributed by atoms with Crippen LogP contribution in [-0.4, -0.2) is 4.92 Å². The minimum absolute atomic E-state index is 0.371. The molecule has 0 saturated heterocycles. The third kappa shape index (κ3) is 7.05. The molecule has 0 heterocycles. The van der Waals surface area contributed by atoms with Crippen molar-refractivity contribution >= 4 is 0 Å². The van der Waals surface area contributed by atoms with E-state index < -0.39 is 4.92 Å². The maximum Gasteiger partial charge on any atom is 0.252 e. The lowest BCUT2D eigenvalue weighted by atomic mass is 10.1. The Labute approximate surface area is 72.6 Å². The molecule has 0 amide bonds. The van der Waals surface area contributed by atoms with Crippen LogP contribution in [0.15, 0.2) is 11.9 Å². The number of rotatable bonds is 6. The van der Waals surface area contributed by atoms with E-state index in [4.69, 9.17) is 5.73 Å². The van der Waals surface area contributed by atoms with Gasteiger partial charge in [0.15, 0.2) is 0 Å². The quantitative estimate of drug-likeness (QED) is 0.378. The molecule has 70 valence electrons. The lowest BCUT2D eigenvalue weighted by Gasteiger charge is -1.97. The van der Waals surface area contributed by atoms with Gasteiger partial charge in [0.1, 0.15) is 0 Å². The van der Waals surface area contributed by atoms with Crippen LogP contribution in [0.25, 0.3) is 0 Å². The number of hydrogen-bond donors (Lipinski definition) is 1. The number of unbranched alkanes of at least 4 members (excludes halogenated alkanes) is 3. The second-order valence-electron chi connectivity index (χ2n) is 2.80. The van der Waals surface area contributed by atoms with Gasteiger partial charge in [-0.05, 0) is 12.8 Å². The second-order valence-corrected chi connectivity index (χ2v) is 2.80. The van der Waals surface area contributed by atoms with Gasteiger partial charge in [0.2, 0.25) is 0 Å². The lowest BCUT2D eigenvalue weighted by Crippen LogP contribution is -2.00. The monoisotopic (exact) mass is 172 g/mol. The fourth-order valence-corrected chi connectivity index (χ4v) is 0.956. The van der Waals surface area contributed by atoms with E-state index in [0.717, 1.165) is 19.0 Å². The summed E-state index contributed by atoms with van der Waals surface area (Å²) in [4.78, 5) is 9.44. The molecule has 4 heteroatoms. The van der Waals surface area contributed by atoms with Crippen LogP contribution in [0, 0.1) is 10.1 Å². The molecule has 12 heavy (non-hydrogen) atoms. The molecule has 0 aliphatic carbocycles. The van der Waals surface area contributed by atoms with Gasteiger partial charge in [0.25, 0.3) is 6.20 Å². The van der Waals surface area contributed by atoms with E-state index >= 15 is 0 Å². The first-order valence-corrected chi connectivity index (χ1v) is 4.26. The topological polar surface area (TPSA) is 69.2 Å². The highest BCUT2D eigenvalue weighted by Gasteiger charge is 1.96. The SMILES string of the molecule is CCCCCC/C(N)=C/[N+](=O)[O-]. The molecule has 0 spiro atoms. The summed E-state index contributed by atoms with van der Waals surface area (Å²) in [6.45, 7) is 2.12. The van der Waals surface area contributed by atoms with Crippen molar-refractivity contribution in [2.75, 3.05) is 0 Å². The molecular weight excluding hydrogens is 156 g/mol. The summed E-state index contributed by atoms with van der Waals surface area (Å²) < 4.78 is 0. The molecule has 4 nitrogen and oxygen atoms in total. The highest BCUT2D eigenvalue weighted by molar-refractivity contribution is 4.89. The number of nitro groups is 1. The van der Waals surface area contributed by atoms with Crippen LogP contribution >= 0.6 is 0 Å². The molecule has 0 fully saturated rings. The normalized spacial score (nSPS) is 11.6. The zero-order valence-electron chi connectivity index (χ0n) is 7.45. The number of nitrogens with zero attached hydrogens (tertiary/aromatic N) is 1. The van der Waals surface area contributed by atoms with Crippen molar-refractivity contribution in [3.05, 3.63) is 22.0 Å². The number of nitrogens with two attached hydrogens (primary N) is 1. The molecule has 2 N–H and O–H groups in total. The van der Waals surface area contributed by atoms with Crippen LogP contribution in [0.3, 0.4) is 0 Å². The summed E-state index contributed by atoms with van der Waals surface area (Å²) in [5.74, 6) is 0. The molecule has 0 aromatic heterocycles. The van der Waals surface area contributed by atoms with E-state index in [1.165, 1.54) is 12.8 Å². The summed E-state index contributed by atoms with van der Waals surface area (Å²) in [6, 6.07) is 0. The second kappa shape index (κ2) is 6.64. The number of hydrogen-bond acceptors (Lipinski definition) is 3. The Kier molecular flexibility index (Phi) is 6.05. The first-order chi connectivity index (χ1) is 5.66. The van der Waals surface area contributed by atoms with E-state index in [2.05, 4.69) is 6.92 Å². The Bertz CT molecular complexity index is 166. The predicted octanol–water partition coefficient (Wildman–Crippen LogP) is 2.03. The van der Waals surface area contributed by atoms with Gasteiger partial charge >= 0.3 is 0 Å². The van der Waals surface area contributed by atoms with Gasteiger partial charge in [-0.1, -0.05) is 26.2 Å². The maximum absolute atomic E-state index is 9.95. The third-order valence-corrected chi connectivity index (χ3v) is 1.59. The van der Waals surface area contributed by atoms with Gasteiger partial charge in [0.05, 0.1) is 10.6 Å². The van der Waals surface area contributed by atoms with Crippen molar-refractivity contribution in [2.45, 2.75) is 39.0 Å². The first-order valence-electron chi connectivity index (χ1n) is 4.26. The highest BCUT2D eigenvalue weighted by atomic mass is 16.6. The van der Waals surface area contributed by atoms with Crippen LogP contribution in [0.2, 0.25) is 0 Å². The molecule has 0 aliphatic rings. The van der Waals surface area contributed by atoms with Crippen molar-refractivity contribution < 1.29 is 4.92 Å². The molecule has 0 unspecified atom stereocenters.